The first kappa shape index (κ1) is 12.6. The fraction of sp³-hybridized carbons (Fsp3) is 1.00. The van der Waals surface area contributed by atoms with Crippen LogP contribution in [-0.4, -0.2) is 12.6 Å². The largest absolute Gasteiger partial charge is 0.194 e. The molecule has 0 spiro atoms. The maximum absolute atomic E-state index is 4.39. The minimum atomic E-state index is 0.400. The Bertz CT molecular complexity index is 131. The van der Waals surface area contributed by atoms with Crippen LogP contribution >= 0.6 is 0 Å². The predicted octanol–water partition coefficient (Wildman–Crippen LogP) is 3.92. The lowest BCUT2D eigenvalue weighted by Crippen LogP contribution is -2.19. The third kappa shape index (κ3) is 5.78. The van der Waals surface area contributed by atoms with Crippen LogP contribution in [0.1, 0.15) is 47.5 Å². The molecule has 0 aromatic rings. The van der Waals surface area contributed by atoms with Crippen LogP contribution in [0.2, 0.25) is 0 Å². The van der Waals surface area contributed by atoms with Gasteiger partial charge in [0.05, 0.1) is 12.6 Å². The van der Waals surface area contributed by atoms with E-state index in [1.165, 1.54) is 6.42 Å². The second kappa shape index (κ2) is 7.05. The van der Waals surface area contributed by atoms with Crippen LogP contribution in [0, 0.1) is 11.8 Å². The summed E-state index contributed by atoms with van der Waals surface area (Å²) in [5.41, 5.74) is 0. The minimum absolute atomic E-state index is 0.400. The van der Waals surface area contributed by atoms with E-state index < -0.39 is 0 Å². The zero-order valence-corrected chi connectivity index (χ0v) is 9.75. The van der Waals surface area contributed by atoms with E-state index in [0.29, 0.717) is 17.9 Å². The Balaban J connectivity index is 3.87. The highest BCUT2D eigenvalue weighted by Crippen LogP contribution is 2.16. The van der Waals surface area contributed by atoms with Crippen LogP contribution in [0.5, 0.6) is 0 Å². The molecule has 0 saturated heterocycles. The molecule has 2 heteroatoms. The second-order valence-electron chi connectivity index (χ2n) is 4.31. The lowest BCUT2D eigenvalue weighted by molar-refractivity contribution is 0.372. The molecule has 78 valence electrons. The van der Waals surface area contributed by atoms with Crippen LogP contribution in [0.3, 0.4) is 0 Å². The van der Waals surface area contributed by atoms with Gasteiger partial charge in [0, 0.05) is 0 Å². The lowest BCUT2D eigenvalue weighted by Gasteiger charge is -2.18. The van der Waals surface area contributed by atoms with Gasteiger partial charge in [0.1, 0.15) is 0 Å². The molecular weight excluding hydrogens is 160 g/mol. The lowest BCUT2D eigenvalue weighted by atomic mass is 9.94. The van der Waals surface area contributed by atoms with Crippen LogP contribution in [-0.2, 0) is 0 Å². The average molecular weight is 184 g/mol. The molecule has 0 atom stereocenters. The number of nitrogens with zero attached hydrogens (tertiary/aromatic N) is 2. The molecule has 0 bridgehead atoms. The van der Waals surface area contributed by atoms with Crippen molar-refractivity contribution < 1.29 is 0 Å². The zero-order valence-electron chi connectivity index (χ0n) is 9.75. The van der Waals surface area contributed by atoms with E-state index >= 15 is 0 Å². The van der Waals surface area contributed by atoms with E-state index in [1.54, 1.807) is 0 Å². The van der Waals surface area contributed by atoms with E-state index in [1.807, 2.05) is 0 Å². The summed E-state index contributed by atoms with van der Waals surface area (Å²) in [6.07, 6.45) is 2.36. The maximum Gasteiger partial charge on any atom is 0.0753 e. The molecule has 0 fully saturated rings. The van der Waals surface area contributed by atoms with E-state index in [0.717, 1.165) is 13.0 Å². The molecule has 0 heterocycles. The van der Waals surface area contributed by atoms with Crippen molar-refractivity contribution in [3.05, 3.63) is 0 Å². The van der Waals surface area contributed by atoms with Crippen molar-refractivity contribution in [3.63, 3.8) is 0 Å². The van der Waals surface area contributed by atoms with Gasteiger partial charge in [-0.15, -0.1) is 0 Å². The van der Waals surface area contributed by atoms with Crippen molar-refractivity contribution in [2.75, 3.05) is 6.54 Å². The van der Waals surface area contributed by atoms with Gasteiger partial charge >= 0.3 is 0 Å². The predicted molar refractivity (Wildman–Crippen MR) is 58.1 cm³/mol. The molecule has 0 N–H and O–H groups in total. The SMILES string of the molecule is CCCCN=NC(C(C)C)C(C)C. The Morgan fingerprint density at radius 2 is 1.54 bits per heavy atom. The highest BCUT2D eigenvalue weighted by Gasteiger charge is 2.15. The molecule has 0 radical (unpaired) electrons. The fourth-order valence-corrected chi connectivity index (χ4v) is 1.42. The molecule has 2 nitrogen and oxygen atoms in total. The monoisotopic (exact) mass is 184 g/mol. The number of hydrogen-bond acceptors (Lipinski definition) is 2. The average Bonchev–Trinajstić information content (AvgIpc) is 2.02. The molecule has 0 aliphatic rings. The Morgan fingerprint density at radius 3 is 1.92 bits per heavy atom. The summed E-state index contributed by atoms with van der Waals surface area (Å²) in [7, 11) is 0. The molecular formula is C11H24N2. The van der Waals surface area contributed by atoms with E-state index in [2.05, 4.69) is 44.8 Å². The third-order valence-corrected chi connectivity index (χ3v) is 2.19. The van der Waals surface area contributed by atoms with Gasteiger partial charge in [-0.1, -0.05) is 41.0 Å². The first-order chi connectivity index (χ1) is 6.09. The van der Waals surface area contributed by atoms with E-state index in [-0.39, 0.29) is 0 Å². The van der Waals surface area contributed by atoms with Gasteiger partial charge < -0.3 is 0 Å². The topological polar surface area (TPSA) is 24.7 Å². The summed E-state index contributed by atoms with van der Waals surface area (Å²) < 4.78 is 0. The molecule has 0 rings (SSSR count). The van der Waals surface area contributed by atoms with Crippen molar-refractivity contribution in [1.29, 1.82) is 0 Å². The van der Waals surface area contributed by atoms with Crippen molar-refractivity contribution in [2.24, 2.45) is 22.1 Å². The highest BCUT2D eigenvalue weighted by atomic mass is 15.1. The first-order valence-corrected chi connectivity index (χ1v) is 5.46. The number of rotatable bonds is 6. The van der Waals surface area contributed by atoms with Crippen LogP contribution in [0.25, 0.3) is 0 Å². The molecule has 0 aromatic carbocycles. The fourth-order valence-electron chi connectivity index (χ4n) is 1.42. The van der Waals surface area contributed by atoms with Gasteiger partial charge in [0.2, 0.25) is 0 Å². The van der Waals surface area contributed by atoms with Crippen LogP contribution in [0.15, 0.2) is 10.2 Å². The number of azo groups is 1. The van der Waals surface area contributed by atoms with E-state index in [4.69, 9.17) is 0 Å². The summed E-state index contributed by atoms with van der Waals surface area (Å²) in [6.45, 7) is 11.9. The van der Waals surface area contributed by atoms with Crippen molar-refractivity contribution in [3.8, 4) is 0 Å². The smallest absolute Gasteiger partial charge is 0.0753 e. The van der Waals surface area contributed by atoms with Crippen molar-refractivity contribution in [2.45, 2.75) is 53.5 Å². The summed E-state index contributed by atoms with van der Waals surface area (Å²) in [5.74, 6) is 1.20. The van der Waals surface area contributed by atoms with Crippen LogP contribution in [0.4, 0.5) is 0 Å². The second-order valence-corrected chi connectivity index (χ2v) is 4.31. The summed E-state index contributed by atoms with van der Waals surface area (Å²) in [4.78, 5) is 0. The third-order valence-electron chi connectivity index (χ3n) is 2.19. The quantitative estimate of drug-likeness (QED) is 0.441. The molecule has 0 amide bonds. The minimum Gasteiger partial charge on any atom is -0.194 e. The van der Waals surface area contributed by atoms with Gasteiger partial charge in [0.25, 0.3) is 0 Å². The van der Waals surface area contributed by atoms with Crippen molar-refractivity contribution in [1.82, 2.24) is 0 Å². The van der Waals surface area contributed by atoms with E-state index in [9.17, 15) is 0 Å². The summed E-state index contributed by atoms with van der Waals surface area (Å²) in [6, 6.07) is 0.400. The Kier molecular flexibility index (Phi) is 6.83. The first-order valence-electron chi connectivity index (χ1n) is 5.46. The molecule has 13 heavy (non-hydrogen) atoms. The normalized spacial score (nSPS) is 12.6. The Labute approximate surface area is 82.8 Å². The standard InChI is InChI=1S/C11H24N2/c1-6-7-8-12-13-11(9(2)3)10(4)5/h9-11H,6-8H2,1-5H3. The van der Waals surface area contributed by atoms with Crippen LogP contribution < -0.4 is 0 Å². The van der Waals surface area contributed by atoms with Crippen molar-refractivity contribution >= 4 is 0 Å². The van der Waals surface area contributed by atoms with Gasteiger partial charge in [-0.05, 0) is 18.3 Å². The van der Waals surface area contributed by atoms with Gasteiger partial charge in [-0.3, -0.25) is 0 Å². The number of unbranched alkanes of at least 4 members (excludes halogenated alkanes) is 1. The van der Waals surface area contributed by atoms with Gasteiger partial charge in [-0.2, -0.15) is 10.2 Å². The highest BCUT2D eigenvalue weighted by molar-refractivity contribution is 4.71. The maximum atomic E-state index is 4.39. The molecule has 0 aromatic heterocycles. The van der Waals surface area contributed by atoms with Gasteiger partial charge in [-0.25, -0.2) is 0 Å². The summed E-state index contributed by atoms with van der Waals surface area (Å²) in [5, 5.41) is 8.61. The Morgan fingerprint density at radius 1 is 1.00 bits per heavy atom. The molecule has 0 unspecified atom stereocenters. The number of hydrogen-bond donors (Lipinski definition) is 0. The van der Waals surface area contributed by atoms with Gasteiger partial charge in [0.15, 0.2) is 0 Å². The molecule has 0 aliphatic carbocycles. The molecule has 0 aliphatic heterocycles. The Hall–Kier alpha value is -0.400. The zero-order chi connectivity index (χ0) is 10.3. The molecule has 0 saturated carbocycles. The summed E-state index contributed by atoms with van der Waals surface area (Å²) >= 11 is 0.